The lowest BCUT2D eigenvalue weighted by Crippen LogP contribution is -2.55. The molecule has 2 aliphatic rings. The van der Waals surface area contributed by atoms with Crippen LogP contribution >= 0.6 is 0 Å². The van der Waals surface area contributed by atoms with E-state index < -0.39 is 55.9 Å². The molecule has 2 aromatic rings. The van der Waals surface area contributed by atoms with E-state index in [1.807, 2.05) is 36.4 Å². The van der Waals surface area contributed by atoms with Gasteiger partial charge in [-0.25, -0.2) is 8.42 Å². The molecule has 210 valence electrons. The molecule has 2 heterocycles. The van der Waals surface area contributed by atoms with E-state index in [1.165, 1.54) is 0 Å². The third-order valence-electron chi connectivity index (χ3n) is 6.87. The number of benzene rings is 2. The number of hydroxylamine groups is 2. The van der Waals surface area contributed by atoms with Crippen molar-refractivity contribution >= 4 is 27.2 Å². The molecule has 0 bridgehead atoms. The van der Waals surface area contributed by atoms with E-state index in [0.29, 0.717) is 6.54 Å². The first-order valence-electron chi connectivity index (χ1n) is 12.2. The maximum atomic E-state index is 13.6. The molecule has 9 nitrogen and oxygen atoms in total. The van der Waals surface area contributed by atoms with Crippen LogP contribution in [0.15, 0.2) is 60.7 Å². The summed E-state index contributed by atoms with van der Waals surface area (Å²) in [5, 5.41) is 15.4. The number of carbonyl (C=O) groups excluding carboxylic acids is 2. The number of carbonyl (C=O) groups is 2. The molecule has 1 atom stereocenters. The van der Waals surface area contributed by atoms with Crippen molar-refractivity contribution < 1.29 is 41.1 Å². The summed E-state index contributed by atoms with van der Waals surface area (Å²) in [6.45, 7) is 0.842. The number of piperidine rings is 1. The molecule has 1 unspecified atom stereocenters. The monoisotopic (exact) mass is 567 g/mol. The lowest BCUT2D eigenvalue weighted by Gasteiger charge is -2.38. The number of hydrogen-bond donors (Lipinski definition) is 3. The van der Waals surface area contributed by atoms with E-state index >= 15 is 0 Å². The van der Waals surface area contributed by atoms with E-state index in [9.17, 15) is 36.4 Å². The van der Waals surface area contributed by atoms with Gasteiger partial charge in [-0.15, -0.1) is 13.2 Å². The second-order valence-corrected chi connectivity index (χ2v) is 11.7. The van der Waals surface area contributed by atoms with Gasteiger partial charge in [0.2, 0.25) is 0 Å². The van der Waals surface area contributed by atoms with Gasteiger partial charge in [0.25, 0.3) is 11.8 Å². The SMILES string of the molecule is O=C(c1cccc(OC(F)(F)F)c1)N(O)C(=O)C1(CS(=O)(=O)C2CC(c3ccccc3)=CCN2)CCNCC1. The topological polar surface area (TPSA) is 125 Å². The maximum absolute atomic E-state index is 13.6. The summed E-state index contributed by atoms with van der Waals surface area (Å²) in [5.41, 5.74) is -0.333. The van der Waals surface area contributed by atoms with Crippen LogP contribution in [0.1, 0.15) is 35.2 Å². The number of nitrogens with one attached hydrogen (secondary N) is 2. The molecule has 4 rings (SSSR count). The molecular weight excluding hydrogens is 539 g/mol. The highest BCUT2D eigenvalue weighted by molar-refractivity contribution is 7.92. The highest BCUT2D eigenvalue weighted by atomic mass is 32.2. The van der Waals surface area contributed by atoms with Crippen molar-refractivity contribution in [2.75, 3.05) is 25.4 Å². The number of hydrogen-bond acceptors (Lipinski definition) is 8. The number of alkyl halides is 3. The van der Waals surface area contributed by atoms with Gasteiger partial charge in [0.05, 0.1) is 11.2 Å². The highest BCUT2D eigenvalue weighted by Gasteiger charge is 2.48. The normalized spacial score (nSPS) is 19.6. The summed E-state index contributed by atoms with van der Waals surface area (Å²) in [6.07, 6.45) is -2.88. The van der Waals surface area contributed by atoms with Gasteiger partial charge in [-0.2, -0.15) is 5.06 Å². The molecule has 0 aliphatic carbocycles. The van der Waals surface area contributed by atoms with Crippen LogP contribution in [0.2, 0.25) is 0 Å². The number of nitrogens with zero attached hydrogens (tertiary/aromatic N) is 1. The number of imide groups is 1. The Morgan fingerprint density at radius 2 is 1.77 bits per heavy atom. The summed E-state index contributed by atoms with van der Waals surface area (Å²) in [5.74, 6) is -3.76. The minimum Gasteiger partial charge on any atom is -0.406 e. The van der Waals surface area contributed by atoms with Gasteiger partial charge in [0, 0.05) is 18.5 Å². The van der Waals surface area contributed by atoms with E-state index in [-0.39, 0.29) is 37.4 Å². The van der Waals surface area contributed by atoms with Crippen LogP contribution in [0.25, 0.3) is 5.57 Å². The van der Waals surface area contributed by atoms with Crippen molar-refractivity contribution in [3.8, 4) is 5.75 Å². The lowest BCUT2D eigenvalue weighted by molar-refractivity contribution is -0.274. The van der Waals surface area contributed by atoms with Crippen LogP contribution in [0, 0.1) is 5.41 Å². The smallest absolute Gasteiger partial charge is 0.406 e. The average Bonchev–Trinajstić information content (AvgIpc) is 2.92. The van der Waals surface area contributed by atoms with Crippen LogP contribution < -0.4 is 15.4 Å². The third kappa shape index (κ3) is 6.85. The fraction of sp³-hybridized carbons (Fsp3) is 0.385. The van der Waals surface area contributed by atoms with Crippen molar-refractivity contribution in [1.29, 1.82) is 0 Å². The number of sulfone groups is 1. The predicted octanol–water partition coefficient (Wildman–Crippen LogP) is 3.13. The highest BCUT2D eigenvalue weighted by Crippen LogP contribution is 2.36. The van der Waals surface area contributed by atoms with Gasteiger partial charge < -0.3 is 10.1 Å². The molecule has 2 aliphatic heterocycles. The van der Waals surface area contributed by atoms with Gasteiger partial charge in [-0.1, -0.05) is 42.5 Å². The Kier molecular flexibility index (Phi) is 8.45. The summed E-state index contributed by atoms with van der Waals surface area (Å²) >= 11 is 0. The minimum absolute atomic E-state index is 0.0285. The van der Waals surface area contributed by atoms with Crippen molar-refractivity contribution in [3.63, 3.8) is 0 Å². The van der Waals surface area contributed by atoms with Gasteiger partial charge in [-0.3, -0.25) is 20.1 Å². The summed E-state index contributed by atoms with van der Waals surface area (Å²) in [7, 11) is -3.97. The molecule has 3 N–H and O–H groups in total. The zero-order valence-corrected chi connectivity index (χ0v) is 21.6. The summed E-state index contributed by atoms with van der Waals surface area (Å²) < 4.78 is 68.8. The molecule has 13 heteroatoms. The Balaban J connectivity index is 1.55. The van der Waals surface area contributed by atoms with E-state index in [4.69, 9.17) is 0 Å². The molecule has 0 saturated carbocycles. The quantitative estimate of drug-likeness (QED) is 0.265. The van der Waals surface area contributed by atoms with Crippen LogP contribution in [0.3, 0.4) is 0 Å². The first-order valence-corrected chi connectivity index (χ1v) is 14.0. The standard InChI is InChI=1S/C26H28F3N3O6S/c27-26(28,29)38-21-8-4-7-20(15-21)23(33)32(35)24(34)25(10-13-30-14-11-25)17-39(36,37)22-16-19(9-12-31-22)18-5-2-1-3-6-18/h1-9,15,22,30-31,35H,10-14,16-17H2. The summed E-state index contributed by atoms with van der Waals surface area (Å²) in [6, 6.07) is 13.2. The zero-order chi connectivity index (χ0) is 28.3. The molecule has 2 amide bonds. The molecular formula is C26H28F3N3O6S. The first kappa shape index (κ1) is 28.7. The fourth-order valence-electron chi connectivity index (χ4n) is 4.89. The number of rotatable bonds is 7. The Morgan fingerprint density at radius 1 is 1.08 bits per heavy atom. The number of halogens is 3. The fourth-order valence-corrected chi connectivity index (χ4v) is 7.05. The van der Waals surface area contributed by atoms with E-state index in [2.05, 4.69) is 15.4 Å². The van der Waals surface area contributed by atoms with Crippen molar-refractivity contribution in [2.24, 2.45) is 5.41 Å². The molecule has 0 aromatic heterocycles. The Hall–Kier alpha value is -3.26. The number of ether oxygens (including phenoxy) is 1. The van der Waals surface area contributed by atoms with Crippen LogP contribution in [-0.4, -0.2) is 67.6 Å². The average molecular weight is 568 g/mol. The zero-order valence-electron chi connectivity index (χ0n) is 20.8. The van der Waals surface area contributed by atoms with Gasteiger partial charge in [0.15, 0.2) is 9.84 Å². The Bertz CT molecular complexity index is 1340. The van der Waals surface area contributed by atoms with Crippen LogP contribution in [-0.2, 0) is 14.6 Å². The van der Waals surface area contributed by atoms with Crippen LogP contribution in [0.5, 0.6) is 5.75 Å². The second kappa shape index (κ2) is 11.5. The second-order valence-electron chi connectivity index (χ2n) is 9.53. The van der Waals surface area contributed by atoms with Gasteiger partial charge in [-0.05, 0) is 55.3 Å². The van der Waals surface area contributed by atoms with Gasteiger partial charge in [0.1, 0.15) is 11.1 Å². The largest absolute Gasteiger partial charge is 0.573 e. The predicted molar refractivity (Wildman–Crippen MR) is 135 cm³/mol. The first-order chi connectivity index (χ1) is 18.4. The molecule has 1 saturated heterocycles. The van der Waals surface area contributed by atoms with Gasteiger partial charge >= 0.3 is 6.36 Å². The molecule has 0 spiro atoms. The lowest BCUT2D eigenvalue weighted by atomic mass is 9.79. The summed E-state index contributed by atoms with van der Waals surface area (Å²) in [4.78, 5) is 26.4. The van der Waals surface area contributed by atoms with E-state index in [0.717, 1.165) is 35.4 Å². The molecule has 0 radical (unpaired) electrons. The number of amides is 2. The minimum atomic E-state index is -5.01. The molecule has 39 heavy (non-hydrogen) atoms. The Morgan fingerprint density at radius 3 is 2.44 bits per heavy atom. The van der Waals surface area contributed by atoms with Crippen LogP contribution in [0.4, 0.5) is 13.2 Å². The van der Waals surface area contributed by atoms with Crippen molar-refractivity contribution in [3.05, 3.63) is 71.8 Å². The third-order valence-corrected chi connectivity index (χ3v) is 9.02. The van der Waals surface area contributed by atoms with E-state index in [1.54, 1.807) is 0 Å². The van der Waals surface area contributed by atoms with Crippen molar-refractivity contribution in [1.82, 2.24) is 15.7 Å². The van der Waals surface area contributed by atoms with Crippen molar-refractivity contribution in [2.45, 2.75) is 31.0 Å². The maximum Gasteiger partial charge on any atom is 0.573 e. The molecule has 2 aromatic carbocycles. The molecule has 1 fully saturated rings. The Labute approximate surface area is 223 Å².